The van der Waals surface area contributed by atoms with Crippen LogP contribution in [0.1, 0.15) is 35.2 Å². The van der Waals surface area contributed by atoms with E-state index in [-0.39, 0.29) is 24.3 Å². The average molecular weight is 401 g/mol. The normalized spacial score (nSPS) is 11.5. The molecule has 4 nitrogen and oxygen atoms in total. The lowest BCUT2D eigenvalue weighted by molar-refractivity contribution is -0.115. The Kier molecular flexibility index (Phi) is 7.31. The Morgan fingerprint density at radius 1 is 1.00 bits per heavy atom. The number of amides is 1. The monoisotopic (exact) mass is 401 g/mol. The zero-order chi connectivity index (χ0) is 21.3. The number of carbonyl (C=O) groups is 1. The van der Waals surface area contributed by atoms with Crippen molar-refractivity contribution in [3.63, 3.8) is 0 Å². The molecule has 3 rings (SSSR count). The van der Waals surface area contributed by atoms with Crippen LogP contribution in [-0.4, -0.2) is 12.5 Å². The summed E-state index contributed by atoms with van der Waals surface area (Å²) in [6.45, 7) is 2.16. The molecule has 3 aromatic carbocycles. The first kappa shape index (κ1) is 21.2. The van der Waals surface area contributed by atoms with Crippen molar-refractivity contribution < 1.29 is 9.18 Å². The van der Waals surface area contributed by atoms with Crippen molar-refractivity contribution in [2.75, 3.05) is 11.9 Å². The Hall–Kier alpha value is -3.49. The number of benzene rings is 3. The van der Waals surface area contributed by atoms with Gasteiger partial charge in [-0.2, -0.15) is 5.26 Å². The summed E-state index contributed by atoms with van der Waals surface area (Å²) in [4.78, 5) is 12.5. The first-order valence-electron chi connectivity index (χ1n) is 9.92. The zero-order valence-electron chi connectivity index (χ0n) is 16.9. The lowest BCUT2D eigenvalue weighted by Gasteiger charge is -2.20. The van der Waals surface area contributed by atoms with Crippen molar-refractivity contribution >= 4 is 11.6 Å². The van der Waals surface area contributed by atoms with E-state index in [1.54, 1.807) is 18.2 Å². The van der Waals surface area contributed by atoms with E-state index in [4.69, 9.17) is 5.26 Å². The fourth-order valence-corrected chi connectivity index (χ4v) is 3.26. The summed E-state index contributed by atoms with van der Waals surface area (Å²) in [7, 11) is 0. The molecule has 1 amide bonds. The number of nitrogens with one attached hydrogen (secondary N) is 2. The Labute approximate surface area is 176 Å². The molecule has 0 fully saturated rings. The minimum Gasteiger partial charge on any atom is -0.325 e. The first-order valence-corrected chi connectivity index (χ1v) is 9.92. The van der Waals surface area contributed by atoms with Gasteiger partial charge in [-0.3, -0.25) is 10.1 Å². The molecule has 0 bridgehead atoms. The highest BCUT2D eigenvalue weighted by atomic mass is 19.1. The molecule has 0 aliphatic carbocycles. The summed E-state index contributed by atoms with van der Waals surface area (Å²) in [6.07, 6.45) is 1.27. The molecule has 0 heterocycles. The molecule has 0 aliphatic rings. The van der Waals surface area contributed by atoms with Gasteiger partial charge in [0, 0.05) is 5.69 Å². The van der Waals surface area contributed by atoms with Gasteiger partial charge in [-0.1, -0.05) is 55.5 Å². The Morgan fingerprint density at radius 2 is 1.70 bits per heavy atom. The molecular formula is C25H24FN3O. The molecule has 0 saturated carbocycles. The van der Waals surface area contributed by atoms with E-state index in [1.807, 2.05) is 42.5 Å². The number of hydrogen-bond acceptors (Lipinski definition) is 3. The molecule has 0 radical (unpaired) electrons. The molecule has 0 aromatic heterocycles. The van der Waals surface area contributed by atoms with Crippen LogP contribution in [0.15, 0.2) is 72.8 Å². The fraction of sp³-hybridized carbons (Fsp3) is 0.200. The van der Waals surface area contributed by atoms with Crippen molar-refractivity contribution in [1.29, 1.82) is 5.26 Å². The molecule has 5 heteroatoms. The number of halogens is 1. The van der Waals surface area contributed by atoms with Crippen LogP contribution in [0.2, 0.25) is 0 Å². The van der Waals surface area contributed by atoms with Crippen LogP contribution < -0.4 is 10.6 Å². The summed E-state index contributed by atoms with van der Waals surface area (Å²) >= 11 is 0. The van der Waals surface area contributed by atoms with Crippen molar-refractivity contribution in [1.82, 2.24) is 5.32 Å². The summed E-state index contributed by atoms with van der Waals surface area (Å²) in [5.74, 6) is -0.513. The molecule has 0 spiro atoms. The van der Waals surface area contributed by atoms with Crippen molar-refractivity contribution in [2.45, 2.75) is 25.8 Å². The molecular weight excluding hydrogens is 377 g/mol. The summed E-state index contributed by atoms with van der Waals surface area (Å²) in [5, 5.41) is 14.8. The number of aryl methyl sites for hydroxylation is 1. The quantitative estimate of drug-likeness (QED) is 0.571. The van der Waals surface area contributed by atoms with E-state index in [0.29, 0.717) is 12.1 Å². The predicted octanol–water partition coefficient (Wildman–Crippen LogP) is 4.77. The predicted molar refractivity (Wildman–Crippen MR) is 116 cm³/mol. The van der Waals surface area contributed by atoms with E-state index < -0.39 is 0 Å². The topological polar surface area (TPSA) is 64.9 Å². The molecule has 152 valence electrons. The Morgan fingerprint density at radius 3 is 2.33 bits per heavy atom. The first-order chi connectivity index (χ1) is 14.6. The van der Waals surface area contributed by atoms with E-state index in [2.05, 4.69) is 23.6 Å². The van der Waals surface area contributed by atoms with Crippen LogP contribution >= 0.6 is 0 Å². The summed E-state index contributed by atoms with van der Waals surface area (Å²) < 4.78 is 13.8. The van der Waals surface area contributed by atoms with Gasteiger partial charge in [0.1, 0.15) is 5.82 Å². The largest absolute Gasteiger partial charge is 0.325 e. The molecule has 1 atom stereocenters. The van der Waals surface area contributed by atoms with Crippen LogP contribution in [0.25, 0.3) is 0 Å². The van der Waals surface area contributed by atoms with Crippen molar-refractivity contribution in [3.8, 4) is 6.07 Å². The van der Waals surface area contributed by atoms with Gasteiger partial charge in [-0.15, -0.1) is 0 Å². The number of nitrogens with zero attached hydrogens (tertiary/aromatic N) is 1. The highest BCUT2D eigenvalue weighted by molar-refractivity contribution is 5.92. The molecule has 0 saturated heterocycles. The lowest BCUT2D eigenvalue weighted by Crippen LogP contribution is -2.32. The SMILES string of the molecule is CCc1ccc([C@H](NCC(=O)Nc2ccc(CC#N)cc2)c2cccc(F)c2)cc1. The van der Waals surface area contributed by atoms with Gasteiger partial charge in [0.25, 0.3) is 0 Å². The zero-order valence-corrected chi connectivity index (χ0v) is 16.9. The van der Waals surface area contributed by atoms with E-state index in [9.17, 15) is 9.18 Å². The average Bonchev–Trinajstić information content (AvgIpc) is 2.76. The summed E-state index contributed by atoms with van der Waals surface area (Å²) in [5.41, 5.74) is 4.50. The number of nitriles is 1. The number of rotatable bonds is 8. The van der Waals surface area contributed by atoms with Crippen LogP contribution in [0.3, 0.4) is 0 Å². The van der Waals surface area contributed by atoms with Gasteiger partial charge >= 0.3 is 0 Å². The minimum absolute atomic E-state index is 0.0661. The number of anilines is 1. The van der Waals surface area contributed by atoms with Crippen LogP contribution in [0, 0.1) is 17.1 Å². The highest BCUT2D eigenvalue weighted by Crippen LogP contribution is 2.23. The Balaban J connectivity index is 1.71. The van der Waals surface area contributed by atoms with Crippen molar-refractivity contribution in [2.24, 2.45) is 0 Å². The van der Waals surface area contributed by atoms with Crippen LogP contribution in [-0.2, 0) is 17.6 Å². The molecule has 0 unspecified atom stereocenters. The lowest BCUT2D eigenvalue weighted by atomic mass is 9.97. The second-order valence-electron chi connectivity index (χ2n) is 7.04. The van der Waals surface area contributed by atoms with Crippen LogP contribution in [0.4, 0.5) is 10.1 Å². The van der Waals surface area contributed by atoms with Gasteiger partial charge in [0.15, 0.2) is 0 Å². The van der Waals surface area contributed by atoms with Crippen LogP contribution in [0.5, 0.6) is 0 Å². The highest BCUT2D eigenvalue weighted by Gasteiger charge is 2.16. The maximum Gasteiger partial charge on any atom is 0.238 e. The van der Waals surface area contributed by atoms with Gasteiger partial charge in [-0.25, -0.2) is 4.39 Å². The molecule has 0 aliphatic heterocycles. The molecule has 2 N–H and O–H groups in total. The Bertz CT molecular complexity index is 1020. The maximum absolute atomic E-state index is 13.8. The maximum atomic E-state index is 13.8. The second kappa shape index (κ2) is 10.3. The molecule has 30 heavy (non-hydrogen) atoms. The van der Waals surface area contributed by atoms with E-state index in [0.717, 1.165) is 23.1 Å². The number of hydrogen-bond donors (Lipinski definition) is 2. The van der Waals surface area contributed by atoms with E-state index in [1.165, 1.54) is 17.7 Å². The summed E-state index contributed by atoms with van der Waals surface area (Å²) in [6, 6.07) is 23.5. The third-order valence-electron chi connectivity index (χ3n) is 4.89. The molecule has 3 aromatic rings. The standard InChI is InChI=1S/C25H24FN3O/c1-2-18-6-10-20(11-7-18)25(21-4-3-5-22(26)16-21)28-17-24(30)29-23-12-8-19(9-13-23)14-15-27/h3-13,16,25,28H,2,14,17H2,1H3,(H,29,30)/t25-/m0/s1. The minimum atomic E-state index is -0.314. The van der Waals surface area contributed by atoms with Gasteiger partial charge in [-0.05, 0) is 52.9 Å². The number of carbonyl (C=O) groups excluding carboxylic acids is 1. The smallest absolute Gasteiger partial charge is 0.238 e. The van der Waals surface area contributed by atoms with E-state index >= 15 is 0 Å². The third kappa shape index (κ3) is 5.76. The second-order valence-corrected chi connectivity index (χ2v) is 7.04. The van der Waals surface area contributed by atoms with Gasteiger partial charge in [0.2, 0.25) is 5.91 Å². The van der Waals surface area contributed by atoms with Crippen molar-refractivity contribution in [3.05, 3.63) is 101 Å². The fourth-order valence-electron chi connectivity index (χ4n) is 3.26. The third-order valence-corrected chi connectivity index (χ3v) is 4.89. The van der Waals surface area contributed by atoms with Gasteiger partial charge < -0.3 is 5.32 Å². The van der Waals surface area contributed by atoms with Gasteiger partial charge in [0.05, 0.1) is 25.1 Å².